The lowest BCUT2D eigenvalue weighted by Crippen LogP contribution is -2.25. The van der Waals surface area contributed by atoms with Crippen molar-refractivity contribution in [2.75, 3.05) is 13.7 Å². The second-order valence-electron chi connectivity index (χ2n) is 4.44. The van der Waals surface area contributed by atoms with Gasteiger partial charge in [0, 0.05) is 0 Å². The first-order chi connectivity index (χ1) is 10.3. The van der Waals surface area contributed by atoms with Crippen LogP contribution in [-0.2, 0) is 11.2 Å². The molecule has 21 heavy (non-hydrogen) atoms. The molecule has 0 spiro atoms. The van der Waals surface area contributed by atoms with E-state index >= 15 is 0 Å². The summed E-state index contributed by atoms with van der Waals surface area (Å²) in [6, 6.07) is 17.2. The van der Waals surface area contributed by atoms with Crippen molar-refractivity contribution >= 4 is 5.91 Å². The molecule has 2 aromatic rings. The maximum Gasteiger partial charge on any atom is 0.225 e. The zero-order chi connectivity index (χ0) is 14.9. The molecule has 0 aliphatic carbocycles. The second kappa shape index (κ2) is 7.76. The van der Waals surface area contributed by atoms with Crippen LogP contribution >= 0.6 is 0 Å². The minimum absolute atomic E-state index is 0.0319. The lowest BCUT2D eigenvalue weighted by atomic mass is 10.1. The van der Waals surface area contributed by atoms with Crippen LogP contribution in [0.1, 0.15) is 11.1 Å². The Bertz CT molecular complexity index is 654. The third-order valence-electron chi connectivity index (χ3n) is 2.91. The van der Waals surface area contributed by atoms with Crippen molar-refractivity contribution in [1.82, 2.24) is 5.32 Å². The smallest absolute Gasteiger partial charge is 0.225 e. The van der Waals surface area contributed by atoms with Crippen molar-refractivity contribution < 1.29 is 9.53 Å². The van der Waals surface area contributed by atoms with E-state index in [2.05, 4.69) is 17.2 Å². The van der Waals surface area contributed by atoms with Gasteiger partial charge in [-0.1, -0.05) is 54.3 Å². The molecule has 1 N–H and O–H groups in total. The van der Waals surface area contributed by atoms with Gasteiger partial charge < -0.3 is 10.1 Å². The van der Waals surface area contributed by atoms with Crippen LogP contribution in [-0.4, -0.2) is 19.6 Å². The molecule has 2 aromatic carbocycles. The molecule has 0 heterocycles. The molecule has 0 atom stereocenters. The Hall–Kier alpha value is -2.73. The fourth-order valence-corrected chi connectivity index (χ4v) is 1.87. The largest absolute Gasteiger partial charge is 0.495 e. The summed E-state index contributed by atoms with van der Waals surface area (Å²) in [6.07, 6.45) is 0.372. The Balaban J connectivity index is 1.85. The monoisotopic (exact) mass is 279 g/mol. The first kappa shape index (κ1) is 14.7. The molecule has 0 fully saturated rings. The minimum Gasteiger partial charge on any atom is -0.495 e. The highest BCUT2D eigenvalue weighted by Crippen LogP contribution is 2.15. The van der Waals surface area contributed by atoms with Gasteiger partial charge in [-0.2, -0.15) is 0 Å². The van der Waals surface area contributed by atoms with Gasteiger partial charge in [-0.3, -0.25) is 4.79 Å². The number of benzene rings is 2. The Morgan fingerprint density at radius 1 is 1.10 bits per heavy atom. The predicted octanol–water partition coefficient (Wildman–Crippen LogP) is 2.41. The van der Waals surface area contributed by atoms with Crippen molar-refractivity contribution in [2.45, 2.75) is 6.42 Å². The summed E-state index contributed by atoms with van der Waals surface area (Å²) >= 11 is 0. The number of carbonyl (C=O) groups excluding carboxylic acids is 1. The minimum atomic E-state index is -0.0319. The van der Waals surface area contributed by atoms with Crippen LogP contribution in [0.2, 0.25) is 0 Å². The quantitative estimate of drug-likeness (QED) is 0.873. The van der Waals surface area contributed by atoms with E-state index in [1.807, 2.05) is 54.6 Å². The van der Waals surface area contributed by atoms with Crippen molar-refractivity contribution in [3.8, 4) is 17.6 Å². The number of ether oxygens (including phenoxy) is 1. The number of hydrogen-bond acceptors (Lipinski definition) is 2. The van der Waals surface area contributed by atoms with Crippen LogP contribution in [0.5, 0.6) is 5.75 Å². The third kappa shape index (κ3) is 4.70. The normalized spacial score (nSPS) is 9.38. The molecular formula is C18H17NO2. The number of nitrogens with one attached hydrogen (secondary N) is 1. The van der Waals surface area contributed by atoms with E-state index in [4.69, 9.17) is 4.74 Å². The highest BCUT2D eigenvalue weighted by Gasteiger charge is 2.01. The molecule has 3 nitrogen and oxygen atoms in total. The van der Waals surface area contributed by atoms with E-state index in [-0.39, 0.29) is 5.91 Å². The van der Waals surface area contributed by atoms with E-state index in [0.717, 1.165) is 16.9 Å². The zero-order valence-electron chi connectivity index (χ0n) is 11.9. The number of amides is 1. The summed E-state index contributed by atoms with van der Waals surface area (Å²) in [4.78, 5) is 11.7. The molecule has 3 heteroatoms. The molecule has 0 aromatic heterocycles. The van der Waals surface area contributed by atoms with Gasteiger partial charge in [0.25, 0.3) is 0 Å². The van der Waals surface area contributed by atoms with E-state index < -0.39 is 0 Å². The first-order valence-electron chi connectivity index (χ1n) is 6.72. The Morgan fingerprint density at radius 3 is 2.57 bits per heavy atom. The molecule has 0 aliphatic heterocycles. The Kier molecular flexibility index (Phi) is 5.42. The Morgan fingerprint density at radius 2 is 1.81 bits per heavy atom. The molecule has 2 rings (SSSR count). The predicted molar refractivity (Wildman–Crippen MR) is 83.0 cm³/mol. The molecule has 0 saturated carbocycles. The average Bonchev–Trinajstić information content (AvgIpc) is 2.53. The number of rotatable bonds is 4. The van der Waals surface area contributed by atoms with E-state index in [9.17, 15) is 4.79 Å². The summed E-state index contributed by atoms with van der Waals surface area (Å²) in [5.74, 6) is 6.63. The lowest BCUT2D eigenvalue weighted by molar-refractivity contribution is -0.120. The summed E-state index contributed by atoms with van der Waals surface area (Å²) in [5.41, 5.74) is 1.81. The van der Waals surface area contributed by atoms with Crippen LogP contribution in [0.25, 0.3) is 0 Å². The molecule has 0 saturated heterocycles. The summed E-state index contributed by atoms with van der Waals surface area (Å²) < 4.78 is 5.21. The standard InChI is InChI=1S/C18H17NO2/c1-21-17-12-6-5-10-16(17)11-7-13-19-18(20)14-15-8-3-2-4-9-15/h2-6,8-10,12H,13-14H2,1H3,(H,19,20). The molecule has 0 unspecified atom stereocenters. The van der Waals surface area contributed by atoms with Gasteiger partial charge in [0.2, 0.25) is 5.91 Å². The molecule has 0 bridgehead atoms. The van der Waals surface area contributed by atoms with Gasteiger partial charge in [-0.15, -0.1) is 0 Å². The SMILES string of the molecule is COc1ccccc1C#CCNC(=O)Cc1ccccc1. The second-order valence-corrected chi connectivity index (χ2v) is 4.44. The topological polar surface area (TPSA) is 38.3 Å². The first-order valence-corrected chi connectivity index (χ1v) is 6.72. The average molecular weight is 279 g/mol. The third-order valence-corrected chi connectivity index (χ3v) is 2.91. The van der Waals surface area contributed by atoms with Crippen molar-refractivity contribution in [3.05, 3.63) is 65.7 Å². The lowest BCUT2D eigenvalue weighted by Gasteiger charge is -2.02. The Labute approximate surface area is 125 Å². The fraction of sp³-hybridized carbons (Fsp3) is 0.167. The molecular weight excluding hydrogens is 262 g/mol. The summed E-state index contributed by atoms with van der Waals surface area (Å²) in [5, 5.41) is 2.79. The van der Waals surface area contributed by atoms with Gasteiger partial charge in [-0.25, -0.2) is 0 Å². The highest BCUT2D eigenvalue weighted by molar-refractivity contribution is 5.78. The van der Waals surface area contributed by atoms with Crippen LogP contribution < -0.4 is 10.1 Å². The van der Waals surface area contributed by atoms with Crippen LogP contribution in [0.3, 0.4) is 0 Å². The summed E-state index contributed by atoms with van der Waals surface area (Å²) in [6.45, 7) is 0.323. The van der Waals surface area contributed by atoms with Gasteiger partial charge >= 0.3 is 0 Å². The van der Waals surface area contributed by atoms with Crippen LogP contribution in [0.15, 0.2) is 54.6 Å². The fourth-order valence-electron chi connectivity index (χ4n) is 1.87. The van der Waals surface area contributed by atoms with Crippen molar-refractivity contribution in [3.63, 3.8) is 0 Å². The maximum absolute atomic E-state index is 11.7. The van der Waals surface area contributed by atoms with Crippen molar-refractivity contribution in [2.24, 2.45) is 0 Å². The molecule has 0 radical (unpaired) electrons. The number of methoxy groups -OCH3 is 1. The number of para-hydroxylation sites is 1. The van der Waals surface area contributed by atoms with E-state index in [1.165, 1.54) is 0 Å². The van der Waals surface area contributed by atoms with Gasteiger partial charge in [-0.05, 0) is 17.7 Å². The summed E-state index contributed by atoms with van der Waals surface area (Å²) in [7, 11) is 1.61. The van der Waals surface area contributed by atoms with Gasteiger partial charge in [0.05, 0.1) is 25.6 Å². The maximum atomic E-state index is 11.7. The van der Waals surface area contributed by atoms with E-state index in [1.54, 1.807) is 7.11 Å². The highest BCUT2D eigenvalue weighted by atomic mass is 16.5. The van der Waals surface area contributed by atoms with Gasteiger partial charge in [0.1, 0.15) is 5.75 Å². The van der Waals surface area contributed by atoms with Crippen LogP contribution in [0, 0.1) is 11.8 Å². The van der Waals surface area contributed by atoms with Gasteiger partial charge in [0.15, 0.2) is 0 Å². The zero-order valence-corrected chi connectivity index (χ0v) is 11.9. The molecule has 0 aliphatic rings. The van der Waals surface area contributed by atoms with E-state index in [0.29, 0.717) is 13.0 Å². The van der Waals surface area contributed by atoms with Crippen molar-refractivity contribution in [1.29, 1.82) is 0 Å². The molecule has 1 amide bonds. The van der Waals surface area contributed by atoms with Crippen LogP contribution in [0.4, 0.5) is 0 Å². The molecule has 106 valence electrons. The number of hydrogen-bond donors (Lipinski definition) is 1. The number of carbonyl (C=O) groups is 1.